The molecule has 0 aromatic carbocycles. The first kappa shape index (κ1) is 19.4. The summed E-state index contributed by atoms with van der Waals surface area (Å²) < 4.78 is 15.2. The standard InChI is InChI=1S/C19H18N2O6S/c1-10-7-15(21-17(22)14-5-4-6-26-14)28-16(10)18(23)20-9-12-8-13(11(2)27-12)19(24)25-3/h4-8H,9H2,1-3H3,(H,20,23)(H,21,22). The fourth-order valence-corrected chi connectivity index (χ4v) is 3.53. The van der Waals surface area contributed by atoms with Crippen molar-refractivity contribution >= 4 is 34.1 Å². The van der Waals surface area contributed by atoms with Gasteiger partial charge in [-0.1, -0.05) is 0 Å². The molecular weight excluding hydrogens is 384 g/mol. The van der Waals surface area contributed by atoms with E-state index < -0.39 is 5.97 Å². The molecule has 8 nitrogen and oxygen atoms in total. The summed E-state index contributed by atoms with van der Waals surface area (Å²) in [6, 6.07) is 6.43. The van der Waals surface area contributed by atoms with E-state index in [1.807, 2.05) is 0 Å². The lowest BCUT2D eigenvalue weighted by Gasteiger charge is -2.02. The van der Waals surface area contributed by atoms with Crippen molar-refractivity contribution < 1.29 is 28.0 Å². The quantitative estimate of drug-likeness (QED) is 0.611. The normalized spacial score (nSPS) is 10.5. The van der Waals surface area contributed by atoms with Crippen molar-refractivity contribution in [2.45, 2.75) is 20.4 Å². The number of carbonyl (C=O) groups excluding carboxylic acids is 3. The average Bonchev–Trinajstić information content (AvgIpc) is 3.39. The van der Waals surface area contributed by atoms with E-state index in [1.54, 1.807) is 32.0 Å². The first-order valence-electron chi connectivity index (χ1n) is 8.30. The maximum atomic E-state index is 12.5. The van der Waals surface area contributed by atoms with Crippen LogP contribution in [0.15, 0.2) is 39.4 Å². The third-order valence-electron chi connectivity index (χ3n) is 3.90. The lowest BCUT2D eigenvalue weighted by atomic mass is 10.2. The van der Waals surface area contributed by atoms with Crippen LogP contribution in [-0.4, -0.2) is 24.9 Å². The molecule has 146 valence electrons. The van der Waals surface area contributed by atoms with Gasteiger partial charge in [-0.3, -0.25) is 9.59 Å². The van der Waals surface area contributed by atoms with Crippen molar-refractivity contribution in [1.29, 1.82) is 0 Å². The Morgan fingerprint density at radius 3 is 2.64 bits per heavy atom. The zero-order chi connectivity index (χ0) is 20.3. The molecule has 2 amide bonds. The highest BCUT2D eigenvalue weighted by atomic mass is 32.1. The molecule has 28 heavy (non-hydrogen) atoms. The number of nitrogens with one attached hydrogen (secondary N) is 2. The van der Waals surface area contributed by atoms with Crippen LogP contribution in [0.4, 0.5) is 5.00 Å². The molecule has 3 aromatic heterocycles. The molecule has 0 aliphatic carbocycles. The van der Waals surface area contributed by atoms with Gasteiger partial charge < -0.3 is 24.2 Å². The Morgan fingerprint density at radius 2 is 1.96 bits per heavy atom. The molecule has 0 aliphatic heterocycles. The number of rotatable bonds is 6. The second-order valence-electron chi connectivity index (χ2n) is 5.91. The average molecular weight is 402 g/mol. The Hall–Kier alpha value is -3.33. The predicted molar refractivity (Wildman–Crippen MR) is 102 cm³/mol. The topological polar surface area (TPSA) is 111 Å². The Morgan fingerprint density at radius 1 is 1.18 bits per heavy atom. The van der Waals surface area contributed by atoms with E-state index in [9.17, 15) is 14.4 Å². The van der Waals surface area contributed by atoms with Gasteiger partial charge in [-0.05, 0) is 43.7 Å². The molecule has 0 saturated carbocycles. The van der Waals surface area contributed by atoms with Gasteiger partial charge in [0.1, 0.15) is 17.1 Å². The summed E-state index contributed by atoms with van der Waals surface area (Å²) in [5, 5.41) is 5.98. The van der Waals surface area contributed by atoms with Crippen LogP contribution < -0.4 is 10.6 Å². The highest BCUT2D eigenvalue weighted by Gasteiger charge is 2.18. The van der Waals surface area contributed by atoms with Crippen LogP contribution in [0.25, 0.3) is 0 Å². The SMILES string of the molecule is COC(=O)c1cc(CNC(=O)c2sc(NC(=O)c3ccco3)cc2C)oc1C. The van der Waals surface area contributed by atoms with Gasteiger partial charge in [-0.2, -0.15) is 0 Å². The van der Waals surface area contributed by atoms with Gasteiger partial charge in [0, 0.05) is 0 Å². The summed E-state index contributed by atoms with van der Waals surface area (Å²) in [5.41, 5.74) is 1.05. The third kappa shape index (κ3) is 4.15. The molecule has 0 bridgehead atoms. The molecule has 3 rings (SSSR count). The summed E-state index contributed by atoms with van der Waals surface area (Å²) in [6.07, 6.45) is 1.41. The maximum Gasteiger partial charge on any atom is 0.341 e. The molecule has 9 heteroatoms. The van der Waals surface area contributed by atoms with Crippen molar-refractivity contribution in [1.82, 2.24) is 5.32 Å². The fraction of sp³-hybridized carbons (Fsp3) is 0.211. The van der Waals surface area contributed by atoms with Crippen molar-refractivity contribution in [2.24, 2.45) is 0 Å². The van der Waals surface area contributed by atoms with Gasteiger partial charge in [-0.25, -0.2) is 4.79 Å². The van der Waals surface area contributed by atoms with Crippen LogP contribution in [0.1, 0.15) is 47.7 Å². The molecule has 3 heterocycles. The summed E-state index contributed by atoms with van der Waals surface area (Å²) in [7, 11) is 1.29. The van der Waals surface area contributed by atoms with Crippen LogP contribution in [-0.2, 0) is 11.3 Å². The molecule has 0 radical (unpaired) electrons. The molecule has 0 unspecified atom stereocenters. The monoisotopic (exact) mass is 402 g/mol. The number of furan rings is 2. The minimum absolute atomic E-state index is 0.113. The number of aryl methyl sites for hydroxylation is 2. The molecule has 0 fully saturated rings. The summed E-state index contributed by atoms with van der Waals surface area (Å²) in [5.74, 6) is -0.149. The predicted octanol–water partition coefficient (Wildman–Crippen LogP) is 3.52. The minimum atomic E-state index is -0.495. The Kier molecular flexibility index (Phi) is 5.65. The molecule has 0 atom stereocenters. The van der Waals surface area contributed by atoms with Crippen LogP contribution in [0, 0.1) is 13.8 Å². The highest BCUT2D eigenvalue weighted by Crippen LogP contribution is 2.27. The van der Waals surface area contributed by atoms with Crippen LogP contribution in [0.3, 0.4) is 0 Å². The fourth-order valence-electron chi connectivity index (χ4n) is 2.54. The van der Waals surface area contributed by atoms with Gasteiger partial charge >= 0.3 is 5.97 Å². The first-order valence-corrected chi connectivity index (χ1v) is 9.11. The Labute approximate surface area is 164 Å². The van der Waals surface area contributed by atoms with Crippen molar-refractivity contribution in [3.63, 3.8) is 0 Å². The van der Waals surface area contributed by atoms with E-state index in [0.29, 0.717) is 27.0 Å². The molecular formula is C19H18N2O6S. The second-order valence-corrected chi connectivity index (χ2v) is 6.96. The molecule has 2 N–H and O–H groups in total. The van der Waals surface area contributed by atoms with E-state index in [2.05, 4.69) is 15.4 Å². The number of thiophene rings is 1. The number of esters is 1. The van der Waals surface area contributed by atoms with E-state index in [-0.39, 0.29) is 24.1 Å². The molecule has 0 spiro atoms. The number of hydrogen-bond donors (Lipinski definition) is 2. The van der Waals surface area contributed by atoms with Crippen molar-refractivity contribution in [2.75, 3.05) is 12.4 Å². The van der Waals surface area contributed by atoms with Crippen LogP contribution in [0.2, 0.25) is 0 Å². The number of anilines is 1. The van der Waals surface area contributed by atoms with Gasteiger partial charge in [0.25, 0.3) is 11.8 Å². The van der Waals surface area contributed by atoms with E-state index in [1.165, 1.54) is 19.4 Å². The van der Waals surface area contributed by atoms with Gasteiger partial charge in [-0.15, -0.1) is 11.3 Å². The first-order chi connectivity index (χ1) is 13.4. The van der Waals surface area contributed by atoms with Crippen molar-refractivity contribution in [3.8, 4) is 0 Å². The number of carbonyl (C=O) groups is 3. The summed E-state index contributed by atoms with van der Waals surface area (Å²) in [4.78, 5) is 36.6. The zero-order valence-corrected chi connectivity index (χ0v) is 16.3. The molecule has 0 aliphatic rings. The number of ether oxygens (including phenoxy) is 1. The molecule has 0 saturated heterocycles. The summed E-state index contributed by atoms with van der Waals surface area (Å²) in [6.45, 7) is 3.54. The Bertz CT molecular complexity index is 1020. The lowest BCUT2D eigenvalue weighted by Crippen LogP contribution is -2.22. The smallest absolute Gasteiger partial charge is 0.341 e. The lowest BCUT2D eigenvalue weighted by molar-refractivity contribution is 0.0598. The minimum Gasteiger partial charge on any atom is -0.465 e. The number of amides is 2. The van der Waals surface area contributed by atoms with Crippen molar-refractivity contribution in [3.05, 3.63) is 63.8 Å². The van der Waals surface area contributed by atoms with Gasteiger partial charge in [0.15, 0.2) is 5.76 Å². The maximum absolute atomic E-state index is 12.5. The van der Waals surface area contributed by atoms with Gasteiger partial charge in [0.05, 0.1) is 29.8 Å². The molecule has 3 aromatic rings. The Balaban J connectivity index is 1.64. The third-order valence-corrected chi connectivity index (χ3v) is 5.05. The summed E-state index contributed by atoms with van der Waals surface area (Å²) >= 11 is 1.15. The van der Waals surface area contributed by atoms with E-state index in [0.717, 1.165) is 16.9 Å². The van der Waals surface area contributed by atoms with Crippen LogP contribution in [0.5, 0.6) is 0 Å². The van der Waals surface area contributed by atoms with Crippen LogP contribution >= 0.6 is 11.3 Å². The van der Waals surface area contributed by atoms with E-state index >= 15 is 0 Å². The number of methoxy groups -OCH3 is 1. The van der Waals surface area contributed by atoms with Gasteiger partial charge in [0.2, 0.25) is 0 Å². The second kappa shape index (κ2) is 8.13. The number of hydrogen-bond acceptors (Lipinski definition) is 7. The zero-order valence-electron chi connectivity index (χ0n) is 15.5. The van der Waals surface area contributed by atoms with E-state index in [4.69, 9.17) is 8.83 Å². The largest absolute Gasteiger partial charge is 0.465 e. The highest BCUT2D eigenvalue weighted by molar-refractivity contribution is 7.18.